The molecule has 1 heterocycles. The number of para-hydroxylation sites is 1. The molecule has 2 rings (SSSR count). The van der Waals surface area contributed by atoms with Gasteiger partial charge >= 0.3 is 0 Å². The van der Waals surface area contributed by atoms with Gasteiger partial charge in [-0.1, -0.05) is 25.1 Å². The molecule has 0 radical (unpaired) electrons. The Kier molecular flexibility index (Phi) is 5.98. The first-order valence-electron chi connectivity index (χ1n) is 7.81. The Morgan fingerprint density at radius 2 is 2.17 bits per heavy atom. The summed E-state index contributed by atoms with van der Waals surface area (Å²) in [5, 5.41) is 0. The van der Waals surface area contributed by atoms with E-state index in [-0.39, 0.29) is 24.3 Å². The summed E-state index contributed by atoms with van der Waals surface area (Å²) in [6.45, 7) is 3.34. The van der Waals surface area contributed by atoms with Gasteiger partial charge in [0.25, 0.3) is 0 Å². The predicted molar refractivity (Wildman–Crippen MR) is 86.2 cm³/mol. The first-order valence-corrected chi connectivity index (χ1v) is 7.81. The second kappa shape index (κ2) is 7.97. The van der Waals surface area contributed by atoms with Gasteiger partial charge in [0, 0.05) is 19.4 Å². The third kappa shape index (κ3) is 4.45. The van der Waals surface area contributed by atoms with Crippen molar-refractivity contribution >= 4 is 11.8 Å². The van der Waals surface area contributed by atoms with Crippen LogP contribution in [0.3, 0.4) is 0 Å². The predicted octanol–water partition coefficient (Wildman–Crippen LogP) is 1.29. The number of amides is 2. The van der Waals surface area contributed by atoms with Crippen LogP contribution in [0.4, 0.5) is 0 Å². The molecule has 2 N–H and O–H groups in total. The van der Waals surface area contributed by atoms with Gasteiger partial charge < -0.3 is 20.1 Å². The van der Waals surface area contributed by atoms with E-state index in [0.717, 1.165) is 11.3 Å². The Labute approximate surface area is 136 Å². The van der Waals surface area contributed by atoms with Crippen molar-refractivity contribution in [3.63, 3.8) is 0 Å². The molecule has 23 heavy (non-hydrogen) atoms. The van der Waals surface area contributed by atoms with E-state index in [1.54, 1.807) is 12.0 Å². The number of carbonyl (C=O) groups excluding carboxylic acids is 2. The number of hydrogen-bond donors (Lipinski definition) is 1. The highest BCUT2D eigenvalue weighted by Crippen LogP contribution is 2.29. The molecular weight excluding hydrogens is 296 g/mol. The Morgan fingerprint density at radius 3 is 2.87 bits per heavy atom. The van der Waals surface area contributed by atoms with E-state index in [2.05, 4.69) is 0 Å². The third-order valence-electron chi connectivity index (χ3n) is 4.14. The lowest BCUT2D eigenvalue weighted by Gasteiger charge is -2.35. The van der Waals surface area contributed by atoms with Gasteiger partial charge in [-0.2, -0.15) is 0 Å². The van der Waals surface area contributed by atoms with Gasteiger partial charge in [-0.25, -0.2) is 0 Å². The summed E-state index contributed by atoms with van der Waals surface area (Å²) >= 11 is 0. The zero-order valence-corrected chi connectivity index (χ0v) is 13.7. The minimum atomic E-state index is -0.420. The lowest BCUT2D eigenvalue weighted by Crippen LogP contribution is -2.50. The summed E-state index contributed by atoms with van der Waals surface area (Å²) in [6, 6.07) is 7.43. The average molecular weight is 320 g/mol. The molecule has 1 fully saturated rings. The summed E-state index contributed by atoms with van der Waals surface area (Å²) < 4.78 is 10.7. The van der Waals surface area contributed by atoms with Crippen molar-refractivity contribution in [1.82, 2.24) is 4.90 Å². The molecule has 6 nitrogen and oxygen atoms in total. The minimum Gasteiger partial charge on any atom is -0.496 e. The molecule has 0 aromatic heterocycles. The summed E-state index contributed by atoms with van der Waals surface area (Å²) in [5.74, 6) is 0.396. The van der Waals surface area contributed by atoms with E-state index in [4.69, 9.17) is 15.2 Å². The van der Waals surface area contributed by atoms with E-state index < -0.39 is 5.91 Å². The topological polar surface area (TPSA) is 81.9 Å². The fourth-order valence-electron chi connectivity index (χ4n) is 2.95. The smallest absolute Gasteiger partial charge is 0.223 e. The zero-order valence-electron chi connectivity index (χ0n) is 13.7. The molecule has 6 heteroatoms. The van der Waals surface area contributed by atoms with E-state index in [1.807, 2.05) is 31.2 Å². The van der Waals surface area contributed by atoms with Crippen LogP contribution in [0.1, 0.15) is 31.2 Å². The van der Waals surface area contributed by atoms with Crippen LogP contribution >= 0.6 is 0 Å². The van der Waals surface area contributed by atoms with Crippen LogP contribution in [0.15, 0.2) is 24.3 Å². The Balaban J connectivity index is 2.05. The number of ether oxygens (including phenoxy) is 2. The first kappa shape index (κ1) is 17.3. The van der Waals surface area contributed by atoms with Crippen LogP contribution < -0.4 is 10.5 Å². The fourth-order valence-corrected chi connectivity index (χ4v) is 2.95. The molecular formula is C17H24N2O4. The highest BCUT2D eigenvalue weighted by atomic mass is 16.5. The zero-order chi connectivity index (χ0) is 16.8. The Morgan fingerprint density at radius 1 is 1.43 bits per heavy atom. The highest BCUT2D eigenvalue weighted by molar-refractivity contribution is 5.80. The third-order valence-corrected chi connectivity index (χ3v) is 4.14. The van der Waals surface area contributed by atoms with Gasteiger partial charge in [0.1, 0.15) is 5.75 Å². The molecule has 0 unspecified atom stereocenters. The monoisotopic (exact) mass is 320 g/mol. The molecule has 1 aromatic carbocycles. The summed E-state index contributed by atoms with van der Waals surface area (Å²) in [5.41, 5.74) is 6.27. The number of nitrogens with zero attached hydrogens (tertiary/aromatic N) is 1. The number of morpholine rings is 1. The van der Waals surface area contributed by atoms with Gasteiger partial charge in [0.15, 0.2) is 0 Å². The summed E-state index contributed by atoms with van der Waals surface area (Å²) in [6.07, 6.45) is 0.490. The van der Waals surface area contributed by atoms with Crippen LogP contribution in [0.2, 0.25) is 0 Å². The van der Waals surface area contributed by atoms with Gasteiger partial charge in [0.05, 0.1) is 26.4 Å². The summed E-state index contributed by atoms with van der Waals surface area (Å²) in [7, 11) is 1.62. The van der Waals surface area contributed by atoms with Crippen LogP contribution in [0.25, 0.3) is 0 Å². The molecule has 2 atom stereocenters. The van der Waals surface area contributed by atoms with Gasteiger partial charge in [-0.15, -0.1) is 0 Å². The van der Waals surface area contributed by atoms with Crippen molar-refractivity contribution in [2.75, 3.05) is 26.9 Å². The van der Waals surface area contributed by atoms with Crippen molar-refractivity contribution < 1.29 is 19.1 Å². The SMILES string of the molecule is COc1ccccc1[C@@H](C)CC(=O)N1CCOC[C@@H]1CC(N)=O. The van der Waals surface area contributed by atoms with E-state index in [0.29, 0.717) is 26.2 Å². The van der Waals surface area contributed by atoms with Gasteiger partial charge in [0.2, 0.25) is 11.8 Å². The van der Waals surface area contributed by atoms with Crippen molar-refractivity contribution in [2.24, 2.45) is 5.73 Å². The maximum Gasteiger partial charge on any atom is 0.223 e. The van der Waals surface area contributed by atoms with Crippen molar-refractivity contribution in [3.05, 3.63) is 29.8 Å². The normalized spacial score (nSPS) is 19.2. The van der Waals surface area contributed by atoms with E-state index in [1.165, 1.54) is 0 Å². The lowest BCUT2D eigenvalue weighted by atomic mass is 9.95. The number of carbonyl (C=O) groups is 2. The molecule has 0 bridgehead atoms. The Hall–Kier alpha value is -2.08. The number of rotatable bonds is 6. The van der Waals surface area contributed by atoms with Gasteiger partial charge in [-0.05, 0) is 17.5 Å². The van der Waals surface area contributed by atoms with Crippen LogP contribution in [-0.4, -0.2) is 49.6 Å². The lowest BCUT2D eigenvalue weighted by molar-refractivity contribution is -0.141. The van der Waals surface area contributed by atoms with Gasteiger partial charge in [-0.3, -0.25) is 9.59 Å². The standard InChI is InChI=1S/C17H24N2O4/c1-12(14-5-3-4-6-15(14)22-2)9-17(21)19-7-8-23-11-13(19)10-16(18)20/h3-6,12-13H,7-11H2,1-2H3,(H2,18,20)/t12-,13-/m0/s1. The second-order valence-electron chi connectivity index (χ2n) is 5.83. The largest absolute Gasteiger partial charge is 0.496 e. The number of hydrogen-bond acceptors (Lipinski definition) is 4. The van der Waals surface area contributed by atoms with Crippen LogP contribution in [0.5, 0.6) is 5.75 Å². The molecule has 1 aliphatic heterocycles. The quantitative estimate of drug-likeness (QED) is 0.856. The number of nitrogens with two attached hydrogens (primary N) is 1. The fraction of sp³-hybridized carbons (Fsp3) is 0.529. The molecule has 1 aliphatic rings. The van der Waals surface area contributed by atoms with E-state index >= 15 is 0 Å². The molecule has 1 saturated heterocycles. The molecule has 0 aliphatic carbocycles. The second-order valence-corrected chi connectivity index (χ2v) is 5.83. The number of methoxy groups -OCH3 is 1. The van der Waals surface area contributed by atoms with Crippen LogP contribution in [0, 0.1) is 0 Å². The average Bonchev–Trinajstić information content (AvgIpc) is 2.54. The molecule has 2 amide bonds. The van der Waals surface area contributed by atoms with Crippen LogP contribution in [-0.2, 0) is 14.3 Å². The molecule has 126 valence electrons. The molecule has 0 spiro atoms. The maximum atomic E-state index is 12.7. The van der Waals surface area contributed by atoms with E-state index in [9.17, 15) is 9.59 Å². The maximum absolute atomic E-state index is 12.7. The number of primary amides is 1. The minimum absolute atomic E-state index is 0.0120. The summed E-state index contributed by atoms with van der Waals surface area (Å²) in [4.78, 5) is 25.5. The number of benzene rings is 1. The van der Waals surface area contributed by atoms with Crippen molar-refractivity contribution in [3.8, 4) is 5.75 Å². The van der Waals surface area contributed by atoms with Crippen molar-refractivity contribution in [1.29, 1.82) is 0 Å². The highest BCUT2D eigenvalue weighted by Gasteiger charge is 2.29. The molecule has 0 saturated carbocycles. The molecule has 1 aromatic rings. The van der Waals surface area contributed by atoms with Crippen molar-refractivity contribution in [2.45, 2.75) is 31.7 Å². The first-order chi connectivity index (χ1) is 11.0. The Bertz CT molecular complexity index is 561.